The van der Waals surface area contributed by atoms with Crippen molar-refractivity contribution in [3.05, 3.63) is 0 Å². The van der Waals surface area contributed by atoms with Crippen LogP contribution in [0.5, 0.6) is 0 Å². The van der Waals surface area contributed by atoms with Gasteiger partial charge >= 0.3 is 0 Å². The maximum atomic E-state index is 3.71. The van der Waals surface area contributed by atoms with Gasteiger partial charge in [0.15, 0.2) is 0 Å². The van der Waals surface area contributed by atoms with Crippen LogP contribution < -0.4 is 5.32 Å². The Morgan fingerprint density at radius 1 is 0.941 bits per heavy atom. The Morgan fingerprint density at radius 2 is 1.76 bits per heavy atom. The molecule has 1 rings (SSSR count). The Balaban J connectivity index is 2.03. The summed E-state index contributed by atoms with van der Waals surface area (Å²) in [7, 11) is 0. The maximum Gasteiger partial charge on any atom is 0.00697 e. The molecule has 0 radical (unpaired) electrons. The van der Waals surface area contributed by atoms with E-state index in [-0.39, 0.29) is 0 Å². The van der Waals surface area contributed by atoms with Crippen molar-refractivity contribution in [2.75, 3.05) is 6.54 Å². The highest BCUT2D eigenvalue weighted by atomic mass is 14.9. The SMILES string of the molecule is CCCCCCCC1CCCC(NCCC)C1. The van der Waals surface area contributed by atoms with Gasteiger partial charge in [0.1, 0.15) is 0 Å². The van der Waals surface area contributed by atoms with E-state index in [1.165, 1.54) is 77.2 Å². The standard InChI is InChI=1S/C16H33N/c1-3-5-6-7-8-10-15-11-9-12-16(14-15)17-13-4-2/h15-17H,3-14H2,1-2H3. The zero-order valence-corrected chi connectivity index (χ0v) is 12.1. The van der Waals surface area contributed by atoms with Gasteiger partial charge in [-0.15, -0.1) is 0 Å². The molecule has 1 heteroatoms. The molecule has 2 unspecified atom stereocenters. The quantitative estimate of drug-likeness (QED) is 0.564. The van der Waals surface area contributed by atoms with Crippen molar-refractivity contribution in [2.24, 2.45) is 5.92 Å². The Morgan fingerprint density at radius 3 is 2.53 bits per heavy atom. The molecule has 2 atom stereocenters. The van der Waals surface area contributed by atoms with Crippen LogP contribution in [0.1, 0.15) is 84.5 Å². The van der Waals surface area contributed by atoms with E-state index in [1.54, 1.807) is 0 Å². The lowest BCUT2D eigenvalue weighted by Crippen LogP contribution is -2.34. The third-order valence-corrected chi connectivity index (χ3v) is 4.18. The van der Waals surface area contributed by atoms with Gasteiger partial charge in [0.25, 0.3) is 0 Å². The van der Waals surface area contributed by atoms with Crippen LogP contribution in [-0.4, -0.2) is 12.6 Å². The molecule has 0 aromatic carbocycles. The second kappa shape index (κ2) is 9.94. The fourth-order valence-electron chi connectivity index (χ4n) is 3.12. The molecule has 0 saturated heterocycles. The van der Waals surface area contributed by atoms with Crippen molar-refractivity contribution in [3.8, 4) is 0 Å². The molecule has 0 spiro atoms. The second-order valence-electron chi connectivity index (χ2n) is 5.89. The van der Waals surface area contributed by atoms with Crippen LogP contribution in [0, 0.1) is 5.92 Å². The fourth-order valence-corrected chi connectivity index (χ4v) is 3.12. The van der Waals surface area contributed by atoms with Gasteiger partial charge < -0.3 is 5.32 Å². The summed E-state index contributed by atoms with van der Waals surface area (Å²) >= 11 is 0. The van der Waals surface area contributed by atoms with E-state index in [0.717, 1.165) is 12.0 Å². The third kappa shape index (κ3) is 7.08. The monoisotopic (exact) mass is 239 g/mol. The zero-order chi connectivity index (χ0) is 12.3. The Kier molecular flexibility index (Phi) is 8.78. The van der Waals surface area contributed by atoms with E-state index in [2.05, 4.69) is 19.2 Å². The number of rotatable bonds is 9. The molecule has 0 amide bonds. The molecule has 0 aromatic heterocycles. The van der Waals surface area contributed by atoms with Crippen LogP contribution in [0.3, 0.4) is 0 Å². The van der Waals surface area contributed by atoms with Crippen LogP contribution in [0.4, 0.5) is 0 Å². The Hall–Kier alpha value is -0.0400. The summed E-state index contributed by atoms with van der Waals surface area (Å²) in [4.78, 5) is 0. The molecule has 1 fully saturated rings. The van der Waals surface area contributed by atoms with Crippen molar-refractivity contribution >= 4 is 0 Å². The summed E-state index contributed by atoms with van der Waals surface area (Å²) in [6, 6.07) is 0.837. The number of hydrogen-bond acceptors (Lipinski definition) is 1. The fraction of sp³-hybridized carbons (Fsp3) is 1.00. The van der Waals surface area contributed by atoms with Gasteiger partial charge in [0.2, 0.25) is 0 Å². The Labute approximate surface area is 109 Å². The largest absolute Gasteiger partial charge is 0.314 e. The average molecular weight is 239 g/mol. The van der Waals surface area contributed by atoms with Crippen LogP contribution >= 0.6 is 0 Å². The lowest BCUT2D eigenvalue weighted by molar-refractivity contribution is 0.268. The number of hydrogen-bond donors (Lipinski definition) is 1. The Bertz CT molecular complexity index is 167. The predicted octanol–water partition coefficient (Wildman–Crippen LogP) is 4.91. The van der Waals surface area contributed by atoms with Crippen molar-refractivity contribution < 1.29 is 0 Å². The van der Waals surface area contributed by atoms with E-state index < -0.39 is 0 Å². The molecule has 1 nitrogen and oxygen atoms in total. The molecular weight excluding hydrogens is 206 g/mol. The van der Waals surface area contributed by atoms with Gasteiger partial charge in [-0.1, -0.05) is 65.2 Å². The molecular formula is C16H33N. The molecule has 0 heterocycles. The maximum absolute atomic E-state index is 3.71. The van der Waals surface area contributed by atoms with Gasteiger partial charge in [-0.2, -0.15) is 0 Å². The molecule has 1 N–H and O–H groups in total. The summed E-state index contributed by atoms with van der Waals surface area (Å²) in [5.41, 5.74) is 0. The predicted molar refractivity (Wildman–Crippen MR) is 77.4 cm³/mol. The number of unbranched alkanes of at least 4 members (excludes halogenated alkanes) is 4. The minimum atomic E-state index is 0.837. The first kappa shape index (κ1) is 15.0. The molecule has 0 aromatic rings. The molecule has 0 aliphatic heterocycles. The van der Waals surface area contributed by atoms with Crippen molar-refractivity contribution in [2.45, 2.75) is 90.5 Å². The lowest BCUT2D eigenvalue weighted by Gasteiger charge is -2.30. The highest BCUT2D eigenvalue weighted by Gasteiger charge is 2.20. The number of nitrogens with one attached hydrogen (secondary N) is 1. The topological polar surface area (TPSA) is 12.0 Å². The zero-order valence-electron chi connectivity index (χ0n) is 12.1. The molecule has 0 bridgehead atoms. The van der Waals surface area contributed by atoms with Crippen LogP contribution in [-0.2, 0) is 0 Å². The summed E-state index contributed by atoms with van der Waals surface area (Å²) in [5.74, 6) is 1.03. The van der Waals surface area contributed by atoms with E-state index in [1.807, 2.05) is 0 Å². The smallest absolute Gasteiger partial charge is 0.00697 e. The first-order chi connectivity index (χ1) is 8.36. The van der Waals surface area contributed by atoms with Crippen molar-refractivity contribution in [1.29, 1.82) is 0 Å². The minimum Gasteiger partial charge on any atom is -0.314 e. The first-order valence-corrected chi connectivity index (χ1v) is 8.10. The first-order valence-electron chi connectivity index (χ1n) is 8.10. The lowest BCUT2D eigenvalue weighted by atomic mass is 9.82. The molecule has 102 valence electrons. The van der Waals surface area contributed by atoms with Gasteiger partial charge in [-0.3, -0.25) is 0 Å². The normalized spacial score (nSPS) is 25.1. The summed E-state index contributed by atoms with van der Waals surface area (Å²) < 4.78 is 0. The van der Waals surface area contributed by atoms with Crippen molar-refractivity contribution in [1.82, 2.24) is 5.32 Å². The molecule has 1 saturated carbocycles. The highest BCUT2D eigenvalue weighted by molar-refractivity contribution is 4.77. The van der Waals surface area contributed by atoms with Gasteiger partial charge in [-0.25, -0.2) is 0 Å². The molecule has 17 heavy (non-hydrogen) atoms. The van der Waals surface area contributed by atoms with Gasteiger partial charge in [-0.05, 0) is 31.7 Å². The van der Waals surface area contributed by atoms with Gasteiger partial charge in [0, 0.05) is 6.04 Å². The van der Waals surface area contributed by atoms with E-state index in [4.69, 9.17) is 0 Å². The van der Waals surface area contributed by atoms with E-state index in [0.29, 0.717) is 0 Å². The molecule has 1 aliphatic carbocycles. The van der Waals surface area contributed by atoms with Crippen molar-refractivity contribution in [3.63, 3.8) is 0 Å². The average Bonchev–Trinajstić information content (AvgIpc) is 2.37. The van der Waals surface area contributed by atoms with E-state index >= 15 is 0 Å². The third-order valence-electron chi connectivity index (χ3n) is 4.18. The van der Waals surface area contributed by atoms with Crippen LogP contribution in [0.2, 0.25) is 0 Å². The van der Waals surface area contributed by atoms with Crippen LogP contribution in [0.25, 0.3) is 0 Å². The van der Waals surface area contributed by atoms with Crippen LogP contribution in [0.15, 0.2) is 0 Å². The molecule has 1 aliphatic rings. The highest BCUT2D eigenvalue weighted by Crippen LogP contribution is 2.28. The summed E-state index contributed by atoms with van der Waals surface area (Å²) in [6.45, 7) is 5.78. The second-order valence-corrected chi connectivity index (χ2v) is 5.89. The minimum absolute atomic E-state index is 0.837. The summed E-state index contributed by atoms with van der Waals surface area (Å²) in [5, 5.41) is 3.71. The van der Waals surface area contributed by atoms with Gasteiger partial charge in [0.05, 0.1) is 0 Å². The van der Waals surface area contributed by atoms with E-state index in [9.17, 15) is 0 Å². The summed E-state index contributed by atoms with van der Waals surface area (Å²) in [6.07, 6.45) is 15.8.